The van der Waals surface area contributed by atoms with Gasteiger partial charge in [0.15, 0.2) is 11.6 Å². The van der Waals surface area contributed by atoms with Crippen molar-refractivity contribution in [2.45, 2.75) is 57.8 Å². The van der Waals surface area contributed by atoms with Crippen LogP contribution in [0.1, 0.15) is 61.7 Å². The van der Waals surface area contributed by atoms with Crippen LogP contribution in [0, 0.1) is 24.7 Å². The molecule has 3 atom stereocenters. The molecule has 6 rings (SSSR count). The first-order chi connectivity index (χ1) is 16.5. The van der Waals surface area contributed by atoms with Gasteiger partial charge in [-0.2, -0.15) is 5.10 Å². The molecule has 1 aliphatic heterocycles. The largest absolute Gasteiger partial charge is 0.381 e. The molecule has 3 fully saturated rings. The number of fused-ring (bicyclic) bond motifs is 2. The van der Waals surface area contributed by atoms with Gasteiger partial charge in [-0.1, -0.05) is 22.4 Å². The van der Waals surface area contributed by atoms with Crippen molar-refractivity contribution in [1.29, 1.82) is 0 Å². The molecule has 0 amide bonds. The lowest BCUT2D eigenvalue weighted by molar-refractivity contribution is 0.0835. The van der Waals surface area contributed by atoms with Gasteiger partial charge in [-0.25, -0.2) is 14.6 Å². The van der Waals surface area contributed by atoms with Crippen LogP contribution in [0.4, 0.5) is 0 Å². The van der Waals surface area contributed by atoms with Gasteiger partial charge >= 0.3 is 0 Å². The molecule has 2 bridgehead atoms. The predicted octanol–water partition coefficient (Wildman–Crippen LogP) is 4.96. The van der Waals surface area contributed by atoms with Gasteiger partial charge in [0, 0.05) is 36.1 Å². The molecule has 2 saturated carbocycles. The van der Waals surface area contributed by atoms with E-state index in [9.17, 15) is 4.79 Å². The molecule has 1 N–H and O–H groups in total. The Hall–Kier alpha value is -2.32. The Balaban J connectivity index is 1.41. The number of aromatic nitrogens is 5. The fourth-order valence-electron chi connectivity index (χ4n) is 6.16. The second-order valence-corrected chi connectivity index (χ2v) is 11.1. The topological polar surface area (TPSA) is 85.7 Å². The number of halogens is 1. The Morgan fingerprint density at radius 3 is 2.71 bits per heavy atom. The predicted molar refractivity (Wildman–Crippen MR) is 133 cm³/mol. The van der Waals surface area contributed by atoms with Crippen molar-refractivity contribution in [2.75, 3.05) is 13.2 Å². The summed E-state index contributed by atoms with van der Waals surface area (Å²) in [5.74, 6) is 4.78. The number of benzene rings is 1. The second kappa shape index (κ2) is 9.04. The highest BCUT2D eigenvalue weighted by molar-refractivity contribution is 9.10. The molecular weight excluding hydrogens is 494 g/mol. The van der Waals surface area contributed by atoms with E-state index in [1.165, 1.54) is 25.7 Å². The molecule has 3 heterocycles. The maximum atomic E-state index is 12.7. The molecule has 0 spiro atoms. The van der Waals surface area contributed by atoms with Crippen molar-refractivity contribution < 1.29 is 4.74 Å². The molecule has 3 aromatic rings. The van der Waals surface area contributed by atoms with Gasteiger partial charge in [0.1, 0.15) is 11.5 Å². The van der Waals surface area contributed by atoms with Gasteiger partial charge in [-0.3, -0.25) is 4.79 Å². The first-order valence-corrected chi connectivity index (χ1v) is 13.2. The molecular formula is C26H30BrN5O2. The van der Waals surface area contributed by atoms with E-state index >= 15 is 0 Å². The number of hydrogen-bond donors (Lipinski definition) is 1. The van der Waals surface area contributed by atoms with Crippen LogP contribution in [-0.2, 0) is 11.2 Å². The van der Waals surface area contributed by atoms with Crippen molar-refractivity contribution in [1.82, 2.24) is 24.7 Å². The van der Waals surface area contributed by atoms with E-state index in [1.807, 2.05) is 16.8 Å². The van der Waals surface area contributed by atoms with E-state index in [-0.39, 0.29) is 11.5 Å². The van der Waals surface area contributed by atoms with Crippen LogP contribution in [0.15, 0.2) is 33.5 Å². The zero-order valence-corrected chi connectivity index (χ0v) is 21.1. The van der Waals surface area contributed by atoms with Crippen molar-refractivity contribution in [3.05, 3.63) is 56.3 Å². The molecule has 0 radical (unpaired) electrons. The number of rotatable bonds is 5. The Morgan fingerprint density at radius 2 is 1.97 bits per heavy atom. The van der Waals surface area contributed by atoms with Crippen LogP contribution in [-0.4, -0.2) is 37.9 Å². The van der Waals surface area contributed by atoms with Gasteiger partial charge in [0.2, 0.25) is 0 Å². The molecule has 34 heavy (non-hydrogen) atoms. The number of ether oxygens (including phenoxy) is 1. The lowest BCUT2D eigenvalue weighted by atomic mass is 9.86. The highest BCUT2D eigenvalue weighted by Crippen LogP contribution is 2.49. The summed E-state index contributed by atoms with van der Waals surface area (Å²) in [5, 5.41) is 4.96. The average molecular weight is 524 g/mol. The summed E-state index contributed by atoms with van der Waals surface area (Å²) in [4.78, 5) is 25.5. The summed E-state index contributed by atoms with van der Waals surface area (Å²) < 4.78 is 8.43. The molecule has 3 unspecified atom stereocenters. The summed E-state index contributed by atoms with van der Waals surface area (Å²) in [6, 6.07) is 7.71. The fourth-order valence-corrected chi connectivity index (χ4v) is 6.41. The van der Waals surface area contributed by atoms with Crippen LogP contribution < -0.4 is 5.56 Å². The Labute approximate surface area is 207 Å². The lowest BCUT2D eigenvalue weighted by Crippen LogP contribution is -2.20. The zero-order chi connectivity index (χ0) is 23.2. The summed E-state index contributed by atoms with van der Waals surface area (Å²) in [5.41, 5.74) is 2.48. The minimum atomic E-state index is -0.150. The molecule has 7 nitrogen and oxygen atoms in total. The van der Waals surface area contributed by atoms with E-state index < -0.39 is 0 Å². The third kappa shape index (κ3) is 4.26. The molecule has 2 aromatic heterocycles. The Morgan fingerprint density at radius 1 is 1.12 bits per heavy atom. The Bertz CT molecular complexity index is 1260. The number of nitrogens with zero attached hydrogens (tertiary/aromatic N) is 4. The summed E-state index contributed by atoms with van der Waals surface area (Å²) in [6.45, 7) is 3.45. The van der Waals surface area contributed by atoms with Crippen LogP contribution >= 0.6 is 15.9 Å². The smallest absolute Gasteiger partial charge is 0.251 e. The van der Waals surface area contributed by atoms with E-state index in [2.05, 4.69) is 33.9 Å². The minimum Gasteiger partial charge on any atom is -0.381 e. The van der Waals surface area contributed by atoms with E-state index in [4.69, 9.17) is 19.8 Å². The highest BCUT2D eigenvalue weighted by atomic mass is 79.9. The monoisotopic (exact) mass is 523 g/mol. The molecule has 3 aliphatic rings. The first kappa shape index (κ1) is 22.2. The van der Waals surface area contributed by atoms with Crippen molar-refractivity contribution in [2.24, 2.45) is 17.8 Å². The quantitative estimate of drug-likeness (QED) is 0.510. The van der Waals surface area contributed by atoms with E-state index in [0.717, 1.165) is 58.5 Å². The maximum absolute atomic E-state index is 12.7. The van der Waals surface area contributed by atoms with Crippen LogP contribution in [0.5, 0.6) is 0 Å². The number of nitrogens with one attached hydrogen (secondary N) is 1. The third-order valence-electron chi connectivity index (χ3n) is 7.96. The van der Waals surface area contributed by atoms with Crippen molar-refractivity contribution in [3.63, 3.8) is 0 Å². The zero-order valence-electron chi connectivity index (χ0n) is 19.5. The summed E-state index contributed by atoms with van der Waals surface area (Å²) >= 11 is 3.60. The molecule has 2 aliphatic carbocycles. The second-order valence-electron chi connectivity index (χ2n) is 10.2. The van der Waals surface area contributed by atoms with Crippen molar-refractivity contribution >= 4 is 15.9 Å². The van der Waals surface area contributed by atoms with Crippen LogP contribution in [0.3, 0.4) is 0 Å². The van der Waals surface area contributed by atoms with Gasteiger partial charge in [-0.15, -0.1) is 0 Å². The molecule has 178 valence electrons. The van der Waals surface area contributed by atoms with Crippen LogP contribution in [0.2, 0.25) is 0 Å². The number of hydrogen-bond acceptors (Lipinski definition) is 5. The standard InChI is InChI=1S/C26H30BrN5O2/c1-15-10-20(4-5-21(15)27)32-26(29-23(31-32)13-19-12-16-2-3-18(19)11-16)22-14-24(33)30-25(28-22)17-6-8-34-9-7-17/h4-5,10,14,16-19H,2-3,6-9,11-13H2,1H3,(H,28,30,33). The third-order valence-corrected chi connectivity index (χ3v) is 8.85. The maximum Gasteiger partial charge on any atom is 0.251 e. The van der Waals surface area contributed by atoms with Gasteiger partial charge in [0.25, 0.3) is 5.56 Å². The molecule has 8 heteroatoms. The normalized spacial score (nSPS) is 24.7. The SMILES string of the molecule is Cc1cc(-n2nc(CC3CC4CCC3C4)nc2-c2cc(=O)[nH]c(C3CCOCC3)n2)ccc1Br. The molecule has 1 saturated heterocycles. The van der Waals surface area contributed by atoms with Gasteiger partial charge in [-0.05, 0) is 80.5 Å². The Kier molecular flexibility index (Phi) is 5.89. The summed E-state index contributed by atoms with van der Waals surface area (Å²) in [6.07, 6.45) is 8.02. The van der Waals surface area contributed by atoms with Gasteiger partial charge in [0.05, 0.1) is 5.69 Å². The van der Waals surface area contributed by atoms with E-state index in [1.54, 1.807) is 6.07 Å². The lowest BCUT2D eigenvalue weighted by Gasteiger charge is -2.21. The summed E-state index contributed by atoms with van der Waals surface area (Å²) in [7, 11) is 0. The van der Waals surface area contributed by atoms with Crippen LogP contribution in [0.25, 0.3) is 17.2 Å². The fraction of sp³-hybridized carbons (Fsp3) is 0.538. The van der Waals surface area contributed by atoms with E-state index in [0.29, 0.717) is 30.7 Å². The minimum absolute atomic E-state index is 0.150. The molecule has 1 aromatic carbocycles. The number of H-pyrrole nitrogens is 1. The van der Waals surface area contributed by atoms with Gasteiger partial charge < -0.3 is 9.72 Å². The first-order valence-electron chi connectivity index (χ1n) is 12.5. The number of aryl methyl sites for hydroxylation is 1. The average Bonchev–Trinajstić information content (AvgIpc) is 3.57. The number of aromatic amines is 1. The highest BCUT2D eigenvalue weighted by Gasteiger charge is 2.40. The van der Waals surface area contributed by atoms with Crippen molar-refractivity contribution in [3.8, 4) is 17.2 Å².